The molecule has 0 fully saturated rings. The molecular formula is C19H15Cl3N2O5S. The van der Waals surface area contributed by atoms with Crippen molar-refractivity contribution in [3.8, 4) is 11.5 Å². The molecule has 30 heavy (non-hydrogen) atoms. The Morgan fingerprint density at radius 2 is 1.73 bits per heavy atom. The SMILES string of the molecule is COc1ccc(S(=O)(=O)N/N=C\c2ccc(COc3c(Cl)cc(Cl)cc3Cl)o2)cc1. The van der Waals surface area contributed by atoms with Gasteiger partial charge in [-0.1, -0.05) is 34.8 Å². The molecule has 3 rings (SSSR count). The summed E-state index contributed by atoms with van der Waals surface area (Å²) in [5.41, 5.74) is 0. The highest BCUT2D eigenvalue weighted by Crippen LogP contribution is 2.36. The Morgan fingerprint density at radius 1 is 1.07 bits per heavy atom. The predicted molar refractivity (Wildman–Crippen MR) is 115 cm³/mol. The molecule has 7 nitrogen and oxygen atoms in total. The predicted octanol–water partition coefficient (Wildman–Crippen LogP) is 5.14. The molecule has 0 atom stereocenters. The number of benzene rings is 2. The third-order valence-electron chi connectivity index (χ3n) is 3.74. The standard InChI is InChI=1S/C19H15Cl3N2O5S/c1-27-13-4-6-16(7-5-13)30(25,26)24-23-10-14-2-3-15(29-14)11-28-19-17(21)8-12(20)9-18(19)22/h2-10,24H,11H2,1H3/b23-10-. The topological polar surface area (TPSA) is 90.1 Å². The fourth-order valence-corrected chi connectivity index (χ4v) is 4.04. The van der Waals surface area contributed by atoms with Gasteiger partial charge in [0.05, 0.1) is 28.3 Å². The molecule has 1 heterocycles. The van der Waals surface area contributed by atoms with Crippen molar-refractivity contribution < 1.29 is 22.3 Å². The van der Waals surface area contributed by atoms with Gasteiger partial charge in [-0.3, -0.25) is 0 Å². The lowest BCUT2D eigenvalue weighted by atomic mass is 10.3. The summed E-state index contributed by atoms with van der Waals surface area (Å²) < 4.78 is 40.5. The van der Waals surface area contributed by atoms with Gasteiger partial charge in [-0.05, 0) is 48.5 Å². The van der Waals surface area contributed by atoms with Gasteiger partial charge >= 0.3 is 0 Å². The molecule has 0 bridgehead atoms. The number of methoxy groups -OCH3 is 1. The maximum atomic E-state index is 12.2. The smallest absolute Gasteiger partial charge is 0.276 e. The highest BCUT2D eigenvalue weighted by Gasteiger charge is 2.13. The Labute approximate surface area is 188 Å². The summed E-state index contributed by atoms with van der Waals surface area (Å²) >= 11 is 18.0. The Bertz CT molecular complexity index is 1140. The quantitative estimate of drug-likeness (QED) is 0.349. The Kier molecular flexibility index (Phi) is 7.14. The number of furan rings is 1. The number of sulfonamides is 1. The number of halogens is 3. The van der Waals surface area contributed by atoms with Crippen LogP contribution in [0.2, 0.25) is 15.1 Å². The third kappa shape index (κ3) is 5.60. The Hall–Kier alpha value is -2.39. The van der Waals surface area contributed by atoms with E-state index < -0.39 is 10.0 Å². The van der Waals surface area contributed by atoms with Gasteiger partial charge in [-0.15, -0.1) is 0 Å². The van der Waals surface area contributed by atoms with Crippen LogP contribution in [0.3, 0.4) is 0 Å². The highest BCUT2D eigenvalue weighted by molar-refractivity contribution is 7.89. The Morgan fingerprint density at radius 3 is 2.37 bits per heavy atom. The van der Waals surface area contributed by atoms with Crippen molar-refractivity contribution in [3.05, 3.63) is 75.1 Å². The van der Waals surface area contributed by atoms with Gasteiger partial charge in [-0.25, -0.2) is 0 Å². The number of hydrogen-bond acceptors (Lipinski definition) is 6. The maximum Gasteiger partial charge on any atom is 0.276 e. The van der Waals surface area contributed by atoms with Crippen molar-refractivity contribution in [2.75, 3.05) is 7.11 Å². The first kappa shape index (κ1) is 22.3. The summed E-state index contributed by atoms with van der Waals surface area (Å²) in [4.78, 5) is 2.16. The van der Waals surface area contributed by atoms with E-state index in [1.807, 2.05) is 0 Å². The van der Waals surface area contributed by atoms with E-state index in [4.69, 9.17) is 48.7 Å². The van der Waals surface area contributed by atoms with E-state index in [9.17, 15) is 8.42 Å². The zero-order valence-electron chi connectivity index (χ0n) is 15.4. The molecule has 158 valence electrons. The summed E-state index contributed by atoms with van der Waals surface area (Å²) in [6.07, 6.45) is 1.23. The highest BCUT2D eigenvalue weighted by atomic mass is 35.5. The van der Waals surface area contributed by atoms with Crippen molar-refractivity contribution in [1.82, 2.24) is 4.83 Å². The third-order valence-corrected chi connectivity index (χ3v) is 5.76. The molecule has 0 unspecified atom stereocenters. The molecule has 0 saturated heterocycles. The van der Waals surface area contributed by atoms with Crippen LogP contribution in [-0.2, 0) is 16.6 Å². The average Bonchev–Trinajstić information content (AvgIpc) is 3.14. The molecule has 0 spiro atoms. The fourth-order valence-electron chi connectivity index (χ4n) is 2.32. The first-order valence-corrected chi connectivity index (χ1v) is 10.9. The molecule has 3 aromatic rings. The molecule has 0 amide bonds. The van der Waals surface area contributed by atoms with E-state index in [1.165, 1.54) is 49.7 Å². The summed E-state index contributed by atoms with van der Waals surface area (Å²) in [5.74, 6) is 1.60. The van der Waals surface area contributed by atoms with Gasteiger partial charge in [-0.2, -0.15) is 18.4 Å². The van der Waals surface area contributed by atoms with Crippen molar-refractivity contribution >= 4 is 51.0 Å². The lowest BCUT2D eigenvalue weighted by Crippen LogP contribution is -2.18. The van der Waals surface area contributed by atoms with Crippen LogP contribution in [0.4, 0.5) is 0 Å². The lowest BCUT2D eigenvalue weighted by Gasteiger charge is -2.08. The molecule has 0 aliphatic heterocycles. The number of nitrogens with zero attached hydrogens (tertiary/aromatic N) is 1. The van der Waals surface area contributed by atoms with Crippen LogP contribution in [0.1, 0.15) is 11.5 Å². The number of hydrogen-bond donors (Lipinski definition) is 1. The van der Waals surface area contributed by atoms with E-state index in [0.717, 1.165) is 0 Å². The van der Waals surface area contributed by atoms with Crippen LogP contribution < -0.4 is 14.3 Å². The summed E-state index contributed by atoms with van der Waals surface area (Å²) in [6.45, 7) is 0.0481. The second kappa shape index (κ2) is 9.61. The molecule has 1 aromatic heterocycles. The van der Waals surface area contributed by atoms with Gasteiger partial charge in [0.15, 0.2) is 5.75 Å². The van der Waals surface area contributed by atoms with E-state index >= 15 is 0 Å². The summed E-state index contributed by atoms with van der Waals surface area (Å²) in [6, 6.07) is 12.2. The largest absolute Gasteiger partial charge is 0.497 e. The van der Waals surface area contributed by atoms with Gasteiger partial charge in [0.2, 0.25) is 0 Å². The normalized spacial score (nSPS) is 11.6. The van der Waals surface area contributed by atoms with E-state index in [2.05, 4.69) is 9.93 Å². The van der Waals surface area contributed by atoms with Gasteiger partial charge in [0.1, 0.15) is 23.9 Å². The summed E-state index contributed by atoms with van der Waals surface area (Å²) in [5, 5.41) is 4.65. The van der Waals surface area contributed by atoms with Gasteiger partial charge in [0.25, 0.3) is 10.0 Å². The first-order valence-electron chi connectivity index (χ1n) is 8.33. The molecule has 1 N–H and O–H groups in total. The molecular weight excluding hydrogens is 475 g/mol. The van der Waals surface area contributed by atoms with Gasteiger partial charge in [0, 0.05) is 5.02 Å². The van der Waals surface area contributed by atoms with Gasteiger partial charge < -0.3 is 13.9 Å². The monoisotopic (exact) mass is 488 g/mol. The van der Waals surface area contributed by atoms with Crippen molar-refractivity contribution in [3.63, 3.8) is 0 Å². The number of rotatable bonds is 8. The summed E-state index contributed by atoms with van der Waals surface area (Å²) in [7, 11) is -2.32. The van der Waals surface area contributed by atoms with E-state index in [1.54, 1.807) is 12.1 Å². The molecule has 2 aromatic carbocycles. The first-order chi connectivity index (χ1) is 14.3. The van der Waals surface area contributed by atoms with E-state index in [0.29, 0.717) is 22.3 Å². The zero-order valence-corrected chi connectivity index (χ0v) is 18.5. The minimum atomic E-state index is -3.82. The minimum Gasteiger partial charge on any atom is -0.497 e. The fraction of sp³-hybridized carbons (Fsp3) is 0.105. The Balaban J connectivity index is 1.60. The zero-order chi connectivity index (χ0) is 21.7. The van der Waals surface area contributed by atoms with Crippen molar-refractivity contribution in [2.45, 2.75) is 11.5 Å². The van der Waals surface area contributed by atoms with Crippen LogP contribution in [0.15, 0.2) is 62.9 Å². The van der Waals surface area contributed by atoms with Crippen LogP contribution in [0.5, 0.6) is 11.5 Å². The second-order valence-corrected chi connectivity index (χ2v) is 8.73. The van der Waals surface area contributed by atoms with Crippen LogP contribution in [-0.4, -0.2) is 21.7 Å². The molecule has 0 aliphatic carbocycles. The molecule has 0 radical (unpaired) electrons. The second-order valence-electron chi connectivity index (χ2n) is 5.82. The van der Waals surface area contributed by atoms with Crippen molar-refractivity contribution in [1.29, 1.82) is 0 Å². The van der Waals surface area contributed by atoms with Crippen molar-refractivity contribution in [2.24, 2.45) is 5.10 Å². The average molecular weight is 490 g/mol. The molecule has 11 heteroatoms. The number of nitrogens with one attached hydrogen (secondary N) is 1. The molecule has 0 saturated carbocycles. The number of hydrazone groups is 1. The van der Waals surface area contributed by atoms with Crippen LogP contribution in [0, 0.1) is 0 Å². The molecule has 0 aliphatic rings. The minimum absolute atomic E-state index is 0.0469. The van der Waals surface area contributed by atoms with Crippen LogP contribution >= 0.6 is 34.8 Å². The number of ether oxygens (including phenoxy) is 2. The van der Waals surface area contributed by atoms with Crippen LogP contribution in [0.25, 0.3) is 0 Å². The lowest BCUT2D eigenvalue weighted by molar-refractivity contribution is 0.270. The maximum absolute atomic E-state index is 12.2. The van der Waals surface area contributed by atoms with E-state index in [-0.39, 0.29) is 27.3 Å².